The molecule has 2 N–H and O–H groups in total. The van der Waals surface area contributed by atoms with E-state index in [1.807, 2.05) is 0 Å². The predicted octanol–water partition coefficient (Wildman–Crippen LogP) is 1.73. The molecule has 0 amide bonds. The fourth-order valence-corrected chi connectivity index (χ4v) is 2.96. The van der Waals surface area contributed by atoms with Gasteiger partial charge in [0.2, 0.25) is 10.0 Å². The summed E-state index contributed by atoms with van der Waals surface area (Å²) in [5.41, 5.74) is -1.23. The fourth-order valence-electron chi connectivity index (χ4n) is 1.26. The maximum atomic E-state index is 12.0. The molecule has 0 radical (unpaired) electrons. The topological polar surface area (TPSA) is 83.5 Å². The lowest BCUT2D eigenvalue weighted by Gasteiger charge is -2.19. The second kappa shape index (κ2) is 5.21. The Balaban J connectivity index is 3.22. The van der Waals surface area contributed by atoms with Crippen molar-refractivity contribution in [1.82, 2.24) is 4.72 Å². The van der Waals surface area contributed by atoms with Gasteiger partial charge in [0.05, 0.1) is 21.0 Å². The number of benzene rings is 1. The number of hydrogen-bond acceptors (Lipinski definition) is 3. The summed E-state index contributed by atoms with van der Waals surface area (Å²) in [5, 5.41) is 8.65. The van der Waals surface area contributed by atoms with E-state index in [0.29, 0.717) is 0 Å². The van der Waals surface area contributed by atoms with Crippen LogP contribution in [-0.4, -0.2) is 25.0 Å². The number of carboxylic acid groups (broad SMARTS) is 1. The molecular weight excluding hydrogens is 290 g/mol. The van der Waals surface area contributed by atoms with E-state index in [9.17, 15) is 13.2 Å². The largest absolute Gasteiger partial charge is 0.478 e. The van der Waals surface area contributed by atoms with Gasteiger partial charge >= 0.3 is 5.97 Å². The number of sulfonamides is 1. The maximum absolute atomic E-state index is 12.0. The molecule has 0 saturated carbocycles. The Morgan fingerprint density at radius 2 is 2.05 bits per heavy atom. The molecule has 1 aromatic rings. The predicted molar refractivity (Wildman–Crippen MR) is 71.6 cm³/mol. The molecule has 0 aliphatic rings. The van der Waals surface area contributed by atoms with Gasteiger partial charge < -0.3 is 5.11 Å². The van der Waals surface area contributed by atoms with Crippen LogP contribution in [-0.2, 0) is 10.0 Å². The molecule has 0 unspecified atom stereocenters. The van der Waals surface area contributed by atoms with Crippen molar-refractivity contribution >= 4 is 27.6 Å². The summed E-state index contributed by atoms with van der Waals surface area (Å²) in [6.45, 7) is 3.05. The van der Waals surface area contributed by atoms with Crippen molar-refractivity contribution in [2.75, 3.05) is 0 Å². The third kappa shape index (κ3) is 3.70. The minimum absolute atomic E-state index is 0.147. The summed E-state index contributed by atoms with van der Waals surface area (Å²) in [4.78, 5) is 10.6. The van der Waals surface area contributed by atoms with Crippen LogP contribution in [0.3, 0.4) is 0 Å². The highest BCUT2D eigenvalue weighted by atomic mass is 35.5. The summed E-state index contributed by atoms with van der Waals surface area (Å²) in [6, 6.07) is 3.35. The van der Waals surface area contributed by atoms with Crippen LogP contribution in [0.2, 0.25) is 5.02 Å². The zero-order chi connectivity index (χ0) is 14.8. The van der Waals surface area contributed by atoms with Gasteiger partial charge in [0.15, 0.2) is 0 Å². The molecule has 0 heterocycles. The first-order chi connectivity index (χ1) is 8.59. The van der Waals surface area contributed by atoms with Crippen molar-refractivity contribution < 1.29 is 18.3 Å². The number of halogens is 1. The molecule has 19 heavy (non-hydrogen) atoms. The highest BCUT2D eigenvalue weighted by molar-refractivity contribution is 7.89. The SMILES string of the molecule is C#CC(C)(C)NS(=O)(=O)c1ccc(C(=O)O)c(Cl)c1. The van der Waals surface area contributed by atoms with Gasteiger partial charge in [0, 0.05) is 0 Å². The first-order valence-corrected chi connectivity index (χ1v) is 7.00. The molecule has 0 saturated heterocycles. The number of rotatable bonds is 4. The molecule has 5 nitrogen and oxygen atoms in total. The van der Waals surface area contributed by atoms with E-state index in [2.05, 4.69) is 10.6 Å². The first-order valence-electron chi connectivity index (χ1n) is 5.14. The highest BCUT2D eigenvalue weighted by Crippen LogP contribution is 2.21. The molecule has 0 aliphatic carbocycles. The molecule has 1 aromatic carbocycles. The molecule has 0 fully saturated rings. The molecule has 7 heteroatoms. The van der Waals surface area contributed by atoms with Crippen molar-refractivity contribution in [3.8, 4) is 12.3 Å². The van der Waals surface area contributed by atoms with Crippen LogP contribution in [0.25, 0.3) is 0 Å². The van der Waals surface area contributed by atoms with Crippen LogP contribution in [0.4, 0.5) is 0 Å². The average molecular weight is 302 g/mol. The Morgan fingerprint density at radius 3 is 2.47 bits per heavy atom. The number of aromatic carboxylic acids is 1. The molecule has 0 spiro atoms. The zero-order valence-electron chi connectivity index (χ0n) is 10.3. The van der Waals surface area contributed by atoms with Crippen molar-refractivity contribution in [2.45, 2.75) is 24.3 Å². The molecule has 1 rings (SSSR count). The normalized spacial score (nSPS) is 11.9. The van der Waals surface area contributed by atoms with Gasteiger partial charge in [-0.25, -0.2) is 13.2 Å². The first kappa shape index (κ1) is 15.5. The molecule has 0 aliphatic heterocycles. The van der Waals surface area contributed by atoms with Crippen LogP contribution in [0.5, 0.6) is 0 Å². The number of carboxylic acids is 1. The van der Waals surface area contributed by atoms with Crippen LogP contribution in [0.15, 0.2) is 23.1 Å². The van der Waals surface area contributed by atoms with Gasteiger partial charge in [-0.1, -0.05) is 17.5 Å². The van der Waals surface area contributed by atoms with Gasteiger partial charge in [0.25, 0.3) is 0 Å². The van der Waals surface area contributed by atoms with Gasteiger partial charge in [-0.2, -0.15) is 4.72 Å². The molecular formula is C12H12ClNO4S. The molecule has 0 atom stereocenters. The second-order valence-electron chi connectivity index (χ2n) is 4.32. The monoisotopic (exact) mass is 301 g/mol. The average Bonchev–Trinajstić information content (AvgIpc) is 2.27. The summed E-state index contributed by atoms with van der Waals surface area (Å²) in [6.07, 6.45) is 5.20. The second-order valence-corrected chi connectivity index (χ2v) is 6.41. The Kier molecular flexibility index (Phi) is 4.25. The Morgan fingerprint density at radius 1 is 1.47 bits per heavy atom. The molecule has 0 aromatic heterocycles. The third-order valence-electron chi connectivity index (χ3n) is 2.23. The van der Waals surface area contributed by atoms with Crippen molar-refractivity contribution in [2.24, 2.45) is 0 Å². The molecule has 0 bridgehead atoms. The van der Waals surface area contributed by atoms with E-state index in [1.165, 1.54) is 13.8 Å². The van der Waals surface area contributed by atoms with E-state index in [0.717, 1.165) is 18.2 Å². The Bertz CT molecular complexity index is 659. The van der Waals surface area contributed by atoms with E-state index >= 15 is 0 Å². The third-order valence-corrected chi connectivity index (χ3v) is 4.20. The lowest BCUT2D eigenvalue weighted by Crippen LogP contribution is -2.41. The van der Waals surface area contributed by atoms with Crippen molar-refractivity contribution in [1.29, 1.82) is 0 Å². The summed E-state index contributed by atoms with van der Waals surface area (Å²) in [5.74, 6) is 1.06. The number of nitrogens with one attached hydrogen (secondary N) is 1. The number of carbonyl (C=O) groups is 1. The standard InChI is InChI=1S/C12H12ClNO4S/c1-4-12(2,3)14-19(17,18)8-5-6-9(11(15)16)10(13)7-8/h1,5-7,14H,2-3H3,(H,15,16). The highest BCUT2D eigenvalue weighted by Gasteiger charge is 2.25. The molecule has 102 valence electrons. The Hall–Kier alpha value is -1.55. The van der Waals surface area contributed by atoms with Crippen LogP contribution in [0, 0.1) is 12.3 Å². The lowest BCUT2D eigenvalue weighted by molar-refractivity contribution is 0.0697. The van der Waals surface area contributed by atoms with Crippen molar-refractivity contribution in [3.63, 3.8) is 0 Å². The quantitative estimate of drug-likeness (QED) is 0.830. The van der Waals surface area contributed by atoms with Gasteiger partial charge in [0.1, 0.15) is 0 Å². The van der Waals surface area contributed by atoms with E-state index in [4.69, 9.17) is 23.1 Å². The minimum atomic E-state index is -3.86. The van der Waals surface area contributed by atoms with Gasteiger partial charge in [-0.05, 0) is 32.0 Å². The smallest absolute Gasteiger partial charge is 0.337 e. The van der Waals surface area contributed by atoms with Crippen LogP contribution < -0.4 is 4.72 Å². The Labute approximate surface area is 116 Å². The summed E-state index contributed by atoms with van der Waals surface area (Å²) < 4.78 is 26.4. The minimum Gasteiger partial charge on any atom is -0.478 e. The van der Waals surface area contributed by atoms with Crippen LogP contribution >= 0.6 is 11.6 Å². The van der Waals surface area contributed by atoms with Gasteiger partial charge in [-0.3, -0.25) is 0 Å². The van der Waals surface area contributed by atoms with Gasteiger partial charge in [-0.15, -0.1) is 6.42 Å². The fraction of sp³-hybridized carbons (Fsp3) is 0.250. The van der Waals surface area contributed by atoms with E-state index in [1.54, 1.807) is 0 Å². The number of terminal acetylenes is 1. The summed E-state index contributed by atoms with van der Waals surface area (Å²) >= 11 is 5.72. The van der Waals surface area contributed by atoms with Crippen molar-refractivity contribution in [3.05, 3.63) is 28.8 Å². The maximum Gasteiger partial charge on any atom is 0.337 e. The summed E-state index contributed by atoms with van der Waals surface area (Å²) in [7, 11) is -3.86. The van der Waals surface area contributed by atoms with E-state index < -0.39 is 21.5 Å². The van der Waals surface area contributed by atoms with Crippen LogP contribution in [0.1, 0.15) is 24.2 Å². The zero-order valence-corrected chi connectivity index (χ0v) is 11.8. The lowest BCUT2D eigenvalue weighted by atomic mass is 10.1. The van der Waals surface area contributed by atoms with E-state index in [-0.39, 0.29) is 15.5 Å². The number of hydrogen-bond donors (Lipinski definition) is 2.